The van der Waals surface area contributed by atoms with Crippen LogP contribution in [0.1, 0.15) is 5.56 Å². The number of ether oxygens (including phenoxy) is 1. The Balaban J connectivity index is 1.98. The second kappa shape index (κ2) is 6.55. The number of methoxy groups -OCH3 is 1. The highest BCUT2D eigenvalue weighted by molar-refractivity contribution is 5.72. The molecule has 0 saturated heterocycles. The number of rotatable bonds is 3. The first-order chi connectivity index (χ1) is 11.9. The van der Waals surface area contributed by atoms with Gasteiger partial charge in [-0.25, -0.2) is 4.98 Å². The summed E-state index contributed by atoms with van der Waals surface area (Å²) in [6.07, 6.45) is -3.10. The van der Waals surface area contributed by atoms with Crippen LogP contribution < -0.4 is 4.74 Å². The molecule has 3 aromatic rings. The van der Waals surface area contributed by atoms with E-state index < -0.39 is 17.7 Å². The predicted molar refractivity (Wildman–Crippen MR) is 86.6 cm³/mol. The van der Waals surface area contributed by atoms with E-state index in [4.69, 9.17) is 4.74 Å². The van der Waals surface area contributed by atoms with Gasteiger partial charge < -0.3 is 4.74 Å². The molecule has 2 nitrogen and oxygen atoms in total. The smallest absolute Gasteiger partial charge is 0.416 e. The first kappa shape index (κ1) is 17.0. The topological polar surface area (TPSA) is 22.1 Å². The standard InChI is InChI=1S/C19H13F4NO/c1-25-16-8-4-13(5-9-16)17-10-14(11-24-18(17)20)12-2-6-15(7-3-12)19(21,22)23/h2-11H,1H3. The van der Waals surface area contributed by atoms with Crippen molar-refractivity contribution in [1.82, 2.24) is 4.98 Å². The van der Waals surface area contributed by atoms with Gasteiger partial charge in [0.2, 0.25) is 5.95 Å². The van der Waals surface area contributed by atoms with Crippen molar-refractivity contribution in [2.75, 3.05) is 7.11 Å². The zero-order chi connectivity index (χ0) is 18.0. The minimum absolute atomic E-state index is 0.264. The van der Waals surface area contributed by atoms with Crippen molar-refractivity contribution < 1.29 is 22.3 Å². The highest BCUT2D eigenvalue weighted by Gasteiger charge is 2.30. The summed E-state index contributed by atoms with van der Waals surface area (Å²) in [5.41, 5.74) is 1.18. The lowest BCUT2D eigenvalue weighted by molar-refractivity contribution is -0.137. The summed E-state index contributed by atoms with van der Waals surface area (Å²) in [4.78, 5) is 3.73. The van der Waals surface area contributed by atoms with E-state index in [1.54, 1.807) is 30.3 Å². The molecule has 0 spiro atoms. The number of pyridine rings is 1. The van der Waals surface area contributed by atoms with E-state index in [0.717, 1.165) is 12.1 Å². The predicted octanol–water partition coefficient (Wildman–Crippen LogP) is 5.58. The van der Waals surface area contributed by atoms with Crippen LogP contribution in [-0.4, -0.2) is 12.1 Å². The maximum atomic E-state index is 14.1. The third-order valence-electron chi connectivity index (χ3n) is 3.79. The Morgan fingerprint density at radius 2 is 1.44 bits per heavy atom. The number of hydrogen-bond acceptors (Lipinski definition) is 2. The molecule has 0 aliphatic rings. The van der Waals surface area contributed by atoms with E-state index in [1.165, 1.54) is 25.4 Å². The van der Waals surface area contributed by atoms with Crippen LogP contribution >= 0.6 is 0 Å². The fourth-order valence-electron chi connectivity index (χ4n) is 2.43. The fraction of sp³-hybridized carbons (Fsp3) is 0.105. The second-order valence-corrected chi connectivity index (χ2v) is 5.37. The van der Waals surface area contributed by atoms with Gasteiger partial charge in [0.05, 0.1) is 12.7 Å². The molecule has 0 saturated carbocycles. The molecular formula is C19H13F4NO. The van der Waals surface area contributed by atoms with Gasteiger partial charge in [0.25, 0.3) is 0 Å². The molecule has 6 heteroatoms. The first-order valence-electron chi connectivity index (χ1n) is 7.36. The summed E-state index contributed by atoms with van der Waals surface area (Å²) in [5, 5.41) is 0. The molecule has 0 radical (unpaired) electrons. The molecule has 0 aliphatic heterocycles. The largest absolute Gasteiger partial charge is 0.497 e. The van der Waals surface area contributed by atoms with Crippen LogP contribution in [0.15, 0.2) is 60.8 Å². The molecule has 128 valence electrons. The summed E-state index contributed by atoms with van der Waals surface area (Å²) in [5.74, 6) is -0.0168. The molecule has 1 heterocycles. The summed E-state index contributed by atoms with van der Waals surface area (Å²) in [6, 6.07) is 13.0. The maximum Gasteiger partial charge on any atom is 0.416 e. The first-order valence-corrected chi connectivity index (χ1v) is 7.36. The number of aromatic nitrogens is 1. The minimum Gasteiger partial charge on any atom is -0.497 e. The van der Waals surface area contributed by atoms with Gasteiger partial charge in [-0.15, -0.1) is 0 Å². The van der Waals surface area contributed by atoms with Gasteiger partial charge in [-0.3, -0.25) is 0 Å². The van der Waals surface area contributed by atoms with Crippen LogP contribution in [0.4, 0.5) is 17.6 Å². The molecule has 0 fully saturated rings. The Kier molecular flexibility index (Phi) is 4.44. The fourth-order valence-corrected chi connectivity index (χ4v) is 2.43. The average molecular weight is 347 g/mol. The van der Waals surface area contributed by atoms with Crippen molar-refractivity contribution in [3.63, 3.8) is 0 Å². The van der Waals surface area contributed by atoms with Crippen LogP contribution in [0.5, 0.6) is 5.75 Å². The lowest BCUT2D eigenvalue weighted by Crippen LogP contribution is -2.04. The van der Waals surface area contributed by atoms with Gasteiger partial charge >= 0.3 is 6.18 Å². The minimum atomic E-state index is -4.40. The lowest BCUT2D eigenvalue weighted by Gasteiger charge is -2.10. The van der Waals surface area contributed by atoms with Crippen molar-refractivity contribution in [2.24, 2.45) is 0 Å². The Bertz CT molecular complexity index is 871. The molecule has 0 atom stereocenters. The summed E-state index contributed by atoms with van der Waals surface area (Å²) in [7, 11) is 1.53. The monoisotopic (exact) mass is 347 g/mol. The van der Waals surface area contributed by atoms with Gasteiger partial charge in [0, 0.05) is 17.3 Å². The molecule has 2 aromatic carbocycles. The average Bonchev–Trinajstić information content (AvgIpc) is 2.62. The van der Waals surface area contributed by atoms with E-state index in [9.17, 15) is 17.6 Å². The summed E-state index contributed by atoms with van der Waals surface area (Å²) >= 11 is 0. The molecular weight excluding hydrogens is 334 g/mol. The number of alkyl halides is 3. The summed E-state index contributed by atoms with van der Waals surface area (Å²) < 4.78 is 57.1. The third-order valence-corrected chi connectivity index (χ3v) is 3.79. The van der Waals surface area contributed by atoms with E-state index >= 15 is 0 Å². The van der Waals surface area contributed by atoms with Gasteiger partial charge in [-0.2, -0.15) is 17.6 Å². The van der Waals surface area contributed by atoms with Crippen molar-refractivity contribution in [2.45, 2.75) is 6.18 Å². The Morgan fingerprint density at radius 3 is 2.00 bits per heavy atom. The SMILES string of the molecule is COc1ccc(-c2cc(-c3ccc(C(F)(F)F)cc3)cnc2F)cc1. The van der Waals surface area contributed by atoms with Crippen LogP contribution in [0, 0.1) is 5.95 Å². The molecule has 1 aromatic heterocycles. The molecule has 3 rings (SSSR count). The second-order valence-electron chi connectivity index (χ2n) is 5.37. The molecule has 0 N–H and O–H groups in total. The van der Waals surface area contributed by atoms with E-state index in [1.807, 2.05) is 0 Å². The number of halogens is 4. The molecule has 0 aliphatic carbocycles. The van der Waals surface area contributed by atoms with Crippen molar-refractivity contribution in [1.29, 1.82) is 0 Å². The highest BCUT2D eigenvalue weighted by Crippen LogP contribution is 2.32. The molecule has 0 unspecified atom stereocenters. The maximum absolute atomic E-state index is 14.1. The highest BCUT2D eigenvalue weighted by atomic mass is 19.4. The van der Waals surface area contributed by atoms with Crippen molar-refractivity contribution in [3.8, 4) is 28.0 Å². The number of hydrogen-bond donors (Lipinski definition) is 0. The van der Waals surface area contributed by atoms with Crippen LogP contribution in [-0.2, 0) is 6.18 Å². The Labute approximate surface area is 141 Å². The van der Waals surface area contributed by atoms with Crippen molar-refractivity contribution in [3.05, 3.63) is 72.3 Å². The van der Waals surface area contributed by atoms with Crippen molar-refractivity contribution >= 4 is 0 Å². The zero-order valence-electron chi connectivity index (χ0n) is 13.1. The van der Waals surface area contributed by atoms with Gasteiger partial charge in [0.15, 0.2) is 0 Å². The van der Waals surface area contributed by atoms with E-state index in [0.29, 0.717) is 22.4 Å². The van der Waals surface area contributed by atoms with Crippen LogP contribution in [0.25, 0.3) is 22.3 Å². The Morgan fingerprint density at radius 1 is 0.840 bits per heavy atom. The van der Waals surface area contributed by atoms with E-state index in [2.05, 4.69) is 4.98 Å². The molecule has 0 amide bonds. The summed E-state index contributed by atoms with van der Waals surface area (Å²) in [6.45, 7) is 0. The Hall–Kier alpha value is -2.89. The van der Waals surface area contributed by atoms with Gasteiger partial charge in [0.1, 0.15) is 5.75 Å². The number of nitrogens with zero attached hydrogens (tertiary/aromatic N) is 1. The zero-order valence-corrected chi connectivity index (χ0v) is 13.1. The molecule has 25 heavy (non-hydrogen) atoms. The van der Waals surface area contributed by atoms with Crippen LogP contribution in [0.3, 0.4) is 0 Å². The number of benzene rings is 2. The lowest BCUT2D eigenvalue weighted by atomic mass is 10.0. The van der Waals surface area contributed by atoms with Gasteiger partial charge in [-0.1, -0.05) is 24.3 Å². The normalized spacial score (nSPS) is 11.4. The van der Waals surface area contributed by atoms with E-state index in [-0.39, 0.29) is 5.56 Å². The molecule has 0 bridgehead atoms. The van der Waals surface area contributed by atoms with Crippen LogP contribution in [0.2, 0.25) is 0 Å². The quantitative estimate of drug-likeness (QED) is 0.456. The third kappa shape index (κ3) is 3.63. The van der Waals surface area contributed by atoms with Gasteiger partial charge in [-0.05, 0) is 41.5 Å².